The zero-order chi connectivity index (χ0) is 24.3. The van der Waals surface area contributed by atoms with Crippen LogP contribution in [0.1, 0.15) is 30.7 Å². The van der Waals surface area contributed by atoms with Gasteiger partial charge in [0.1, 0.15) is 12.1 Å². The summed E-state index contributed by atoms with van der Waals surface area (Å²) in [5.41, 5.74) is 0.196. The van der Waals surface area contributed by atoms with E-state index < -0.39 is 29.9 Å². The van der Waals surface area contributed by atoms with Gasteiger partial charge in [0, 0.05) is 17.2 Å². The Morgan fingerprint density at radius 2 is 1.91 bits per heavy atom. The Kier molecular flexibility index (Phi) is 6.75. The van der Waals surface area contributed by atoms with Crippen LogP contribution in [0.5, 0.6) is 0 Å². The van der Waals surface area contributed by atoms with E-state index in [0.29, 0.717) is 29.4 Å². The van der Waals surface area contributed by atoms with Gasteiger partial charge in [0.15, 0.2) is 5.13 Å². The first kappa shape index (κ1) is 23.6. The summed E-state index contributed by atoms with van der Waals surface area (Å²) in [6, 6.07) is 12.2. The molecule has 0 aliphatic carbocycles. The molecule has 1 aliphatic heterocycles. The molecule has 3 heterocycles. The molecule has 0 bridgehead atoms. The van der Waals surface area contributed by atoms with Crippen molar-refractivity contribution in [3.05, 3.63) is 58.3 Å². The van der Waals surface area contributed by atoms with E-state index in [2.05, 4.69) is 20.9 Å². The first-order chi connectivity index (χ1) is 16.3. The molecule has 0 radical (unpaired) electrons. The maximum atomic E-state index is 13.2. The first-order valence-corrected chi connectivity index (χ1v) is 12.3. The third kappa shape index (κ3) is 4.70. The number of thiophene rings is 1. The second kappa shape index (κ2) is 9.74. The highest BCUT2D eigenvalue weighted by atomic mass is 32.1. The number of hydrogen-bond donors (Lipinski definition) is 3. The lowest BCUT2D eigenvalue weighted by molar-refractivity contribution is -0.134. The third-order valence-electron chi connectivity index (χ3n) is 5.45. The van der Waals surface area contributed by atoms with Gasteiger partial charge in [0.05, 0.1) is 17.1 Å². The Morgan fingerprint density at radius 3 is 2.62 bits per heavy atom. The molecule has 11 heteroatoms. The van der Waals surface area contributed by atoms with Gasteiger partial charge in [-0.3, -0.25) is 19.3 Å². The fourth-order valence-corrected chi connectivity index (χ4v) is 5.41. The number of anilines is 1. The molecule has 0 saturated carbocycles. The first-order valence-electron chi connectivity index (χ1n) is 10.6. The summed E-state index contributed by atoms with van der Waals surface area (Å²) in [6.45, 7) is 3.32. The third-order valence-corrected chi connectivity index (χ3v) is 7.32. The number of carbonyl (C=O) groups is 4. The monoisotopic (exact) mass is 497 g/mol. The van der Waals surface area contributed by atoms with Gasteiger partial charge in [-0.2, -0.15) is 0 Å². The van der Waals surface area contributed by atoms with Crippen LogP contribution >= 0.6 is 22.7 Å². The van der Waals surface area contributed by atoms with E-state index in [-0.39, 0.29) is 5.91 Å². The summed E-state index contributed by atoms with van der Waals surface area (Å²) >= 11 is 2.75. The number of hydrogen-bond acceptors (Lipinski definition) is 7. The molecule has 1 fully saturated rings. The Hall–Kier alpha value is -3.57. The van der Waals surface area contributed by atoms with Crippen LogP contribution in [0.25, 0.3) is 10.6 Å². The molecule has 3 N–H and O–H groups in total. The number of nitrogens with one attached hydrogen (secondary N) is 3. The van der Waals surface area contributed by atoms with Gasteiger partial charge in [-0.05, 0) is 24.1 Å². The number of imide groups is 1. The van der Waals surface area contributed by atoms with Crippen LogP contribution in [0.2, 0.25) is 0 Å². The van der Waals surface area contributed by atoms with E-state index >= 15 is 0 Å². The number of benzene rings is 1. The number of amides is 5. The van der Waals surface area contributed by atoms with Crippen molar-refractivity contribution in [2.45, 2.75) is 32.4 Å². The smallest absolute Gasteiger partial charge is 0.325 e. The average molecular weight is 498 g/mol. The van der Waals surface area contributed by atoms with Crippen LogP contribution < -0.4 is 16.0 Å². The molecule has 2 aromatic heterocycles. The average Bonchev–Trinajstić information content (AvgIpc) is 3.54. The van der Waals surface area contributed by atoms with Gasteiger partial charge in [-0.15, -0.1) is 22.7 Å². The highest BCUT2D eigenvalue weighted by Crippen LogP contribution is 2.33. The van der Waals surface area contributed by atoms with E-state index in [1.807, 2.05) is 30.5 Å². The lowest BCUT2D eigenvalue weighted by Gasteiger charge is -2.25. The van der Waals surface area contributed by atoms with E-state index in [1.54, 1.807) is 24.3 Å². The fourth-order valence-electron chi connectivity index (χ4n) is 3.70. The second-order valence-corrected chi connectivity index (χ2v) is 9.73. The van der Waals surface area contributed by atoms with Crippen molar-refractivity contribution in [3.63, 3.8) is 0 Å². The van der Waals surface area contributed by atoms with Gasteiger partial charge >= 0.3 is 6.03 Å². The predicted octanol–water partition coefficient (Wildman–Crippen LogP) is 3.30. The summed E-state index contributed by atoms with van der Waals surface area (Å²) < 4.78 is 0. The van der Waals surface area contributed by atoms with Crippen LogP contribution in [0.4, 0.5) is 9.93 Å². The van der Waals surface area contributed by atoms with Crippen molar-refractivity contribution >= 4 is 51.6 Å². The minimum absolute atomic E-state index is 0.0984. The number of aromatic nitrogens is 1. The summed E-state index contributed by atoms with van der Waals surface area (Å²) in [5.74, 6) is -1.06. The minimum Gasteiger partial charge on any atom is -0.351 e. The Balaban J connectivity index is 1.41. The molecule has 1 saturated heterocycles. The van der Waals surface area contributed by atoms with Crippen molar-refractivity contribution in [1.29, 1.82) is 0 Å². The quantitative estimate of drug-likeness (QED) is 0.413. The maximum Gasteiger partial charge on any atom is 0.325 e. The van der Waals surface area contributed by atoms with Crippen molar-refractivity contribution in [2.75, 3.05) is 11.9 Å². The molecule has 4 rings (SSSR count). The summed E-state index contributed by atoms with van der Waals surface area (Å²) in [7, 11) is 0. The van der Waals surface area contributed by atoms with E-state index in [1.165, 1.54) is 29.6 Å². The van der Waals surface area contributed by atoms with Gasteiger partial charge < -0.3 is 16.0 Å². The standard InChI is InChI=1S/C23H23N5O4S2/c1-3-23(15-7-5-4-6-8-15)20(31)28(22(32)27-23)12-19(30)26-21-25-17(13-33-21)18-10-9-16(34-18)11-24-14(2)29/h4-10,13H,3,11-12H2,1-2H3,(H,24,29)(H,27,32)(H,25,26,30). The van der Waals surface area contributed by atoms with Crippen molar-refractivity contribution in [2.24, 2.45) is 0 Å². The molecular weight excluding hydrogens is 474 g/mol. The fraction of sp³-hybridized carbons (Fsp3) is 0.261. The second-order valence-electron chi connectivity index (χ2n) is 7.71. The molecule has 9 nitrogen and oxygen atoms in total. The SMILES string of the molecule is CCC1(c2ccccc2)NC(=O)N(CC(=O)Nc2nc(-c3ccc(CNC(C)=O)s3)cs2)C1=O. The van der Waals surface area contributed by atoms with Crippen molar-refractivity contribution in [1.82, 2.24) is 20.5 Å². The van der Waals surface area contributed by atoms with Crippen molar-refractivity contribution < 1.29 is 19.2 Å². The largest absolute Gasteiger partial charge is 0.351 e. The van der Waals surface area contributed by atoms with Crippen LogP contribution in [0.15, 0.2) is 47.8 Å². The van der Waals surface area contributed by atoms with Crippen LogP contribution in [-0.2, 0) is 26.5 Å². The number of thiazole rings is 1. The molecule has 34 heavy (non-hydrogen) atoms. The van der Waals surface area contributed by atoms with Crippen LogP contribution in [-0.4, -0.2) is 40.2 Å². The topological polar surface area (TPSA) is 120 Å². The molecule has 1 aliphatic rings. The number of nitrogens with zero attached hydrogens (tertiary/aromatic N) is 2. The van der Waals surface area contributed by atoms with Gasteiger partial charge in [0.2, 0.25) is 11.8 Å². The Labute approximate surface area is 204 Å². The zero-order valence-electron chi connectivity index (χ0n) is 18.6. The van der Waals surface area contributed by atoms with Crippen LogP contribution in [0.3, 0.4) is 0 Å². The van der Waals surface area contributed by atoms with Gasteiger partial charge in [-0.25, -0.2) is 9.78 Å². The number of urea groups is 1. The Bertz CT molecular complexity index is 1240. The minimum atomic E-state index is -1.18. The van der Waals surface area contributed by atoms with Gasteiger partial charge in [0.25, 0.3) is 5.91 Å². The number of rotatable bonds is 8. The number of carbonyl (C=O) groups excluding carboxylic acids is 4. The van der Waals surface area contributed by atoms with Gasteiger partial charge in [-0.1, -0.05) is 37.3 Å². The maximum absolute atomic E-state index is 13.2. The molecule has 1 atom stereocenters. The summed E-state index contributed by atoms with van der Waals surface area (Å²) in [5, 5.41) is 10.4. The van der Waals surface area contributed by atoms with Crippen LogP contribution in [0, 0.1) is 0 Å². The molecule has 5 amide bonds. The predicted molar refractivity (Wildman–Crippen MR) is 130 cm³/mol. The molecule has 1 aromatic carbocycles. The molecule has 176 valence electrons. The van der Waals surface area contributed by atoms with E-state index in [4.69, 9.17) is 0 Å². The zero-order valence-corrected chi connectivity index (χ0v) is 20.2. The lowest BCUT2D eigenvalue weighted by Crippen LogP contribution is -2.44. The lowest BCUT2D eigenvalue weighted by atomic mass is 9.87. The molecule has 0 spiro atoms. The molecule has 3 aromatic rings. The summed E-state index contributed by atoms with van der Waals surface area (Å²) in [4.78, 5) is 56.7. The normalized spacial score (nSPS) is 17.5. The summed E-state index contributed by atoms with van der Waals surface area (Å²) in [6.07, 6.45) is 0.361. The van der Waals surface area contributed by atoms with E-state index in [0.717, 1.165) is 14.7 Å². The Morgan fingerprint density at radius 1 is 1.15 bits per heavy atom. The molecular formula is C23H23N5O4S2. The highest BCUT2D eigenvalue weighted by Gasteiger charge is 2.51. The highest BCUT2D eigenvalue weighted by molar-refractivity contribution is 7.17. The van der Waals surface area contributed by atoms with E-state index in [9.17, 15) is 19.2 Å². The van der Waals surface area contributed by atoms with Crippen molar-refractivity contribution in [3.8, 4) is 10.6 Å². The molecule has 1 unspecified atom stereocenters.